The Hall–Kier alpha value is -1.55. The molecule has 1 atom stereocenters. The Bertz CT molecular complexity index is 418. The smallest absolute Gasteiger partial charge is 0.224 e. The SMILES string of the molecule is CNC(C)COc1ccc2c(c1)CCC(=O)N2. The standard InChI is InChI=1S/C13H18N2O2/c1-9(14-2)8-17-11-4-5-12-10(7-11)3-6-13(16)15-12/h4-5,7,9,14H,3,6,8H2,1-2H3,(H,15,16). The highest BCUT2D eigenvalue weighted by Crippen LogP contribution is 2.26. The number of carbonyl (C=O) groups excluding carboxylic acids is 1. The Morgan fingerprint density at radius 2 is 2.29 bits per heavy atom. The number of aryl methyl sites for hydroxylation is 1. The third-order valence-corrected chi connectivity index (χ3v) is 2.96. The highest BCUT2D eigenvalue weighted by Gasteiger charge is 2.15. The maximum atomic E-state index is 11.2. The van der Waals surface area contributed by atoms with Crippen LogP contribution < -0.4 is 15.4 Å². The lowest BCUT2D eigenvalue weighted by molar-refractivity contribution is -0.116. The summed E-state index contributed by atoms with van der Waals surface area (Å²) in [6.45, 7) is 2.71. The summed E-state index contributed by atoms with van der Waals surface area (Å²) in [5.41, 5.74) is 2.06. The highest BCUT2D eigenvalue weighted by molar-refractivity contribution is 5.93. The van der Waals surface area contributed by atoms with E-state index in [0.29, 0.717) is 19.1 Å². The van der Waals surface area contributed by atoms with E-state index in [1.54, 1.807) is 0 Å². The zero-order chi connectivity index (χ0) is 12.3. The van der Waals surface area contributed by atoms with Crippen molar-refractivity contribution in [2.75, 3.05) is 19.0 Å². The molecule has 0 saturated heterocycles. The van der Waals surface area contributed by atoms with Crippen molar-refractivity contribution in [2.45, 2.75) is 25.8 Å². The first-order valence-electron chi connectivity index (χ1n) is 5.92. The average Bonchev–Trinajstić information content (AvgIpc) is 2.35. The Morgan fingerprint density at radius 3 is 3.06 bits per heavy atom. The van der Waals surface area contributed by atoms with Crippen LogP contribution >= 0.6 is 0 Å². The Kier molecular flexibility index (Phi) is 3.64. The molecule has 1 aromatic rings. The molecule has 1 amide bonds. The van der Waals surface area contributed by atoms with Crippen LogP contribution in [0.15, 0.2) is 18.2 Å². The number of hydrogen-bond acceptors (Lipinski definition) is 3. The predicted molar refractivity (Wildman–Crippen MR) is 67.4 cm³/mol. The van der Waals surface area contributed by atoms with E-state index >= 15 is 0 Å². The highest BCUT2D eigenvalue weighted by atomic mass is 16.5. The molecule has 1 aliphatic rings. The van der Waals surface area contributed by atoms with Gasteiger partial charge < -0.3 is 15.4 Å². The van der Waals surface area contributed by atoms with Crippen LogP contribution in [-0.4, -0.2) is 25.6 Å². The van der Waals surface area contributed by atoms with E-state index in [9.17, 15) is 4.79 Å². The van der Waals surface area contributed by atoms with Crippen molar-refractivity contribution in [3.05, 3.63) is 23.8 Å². The molecule has 2 rings (SSSR count). The van der Waals surface area contributed by atoms with Crippen LogP contribution in [0.25, 0.3) is 0 Å². The van der Waals surface area contributed by atoms with Crippen LogP contribution in [0.4, 0.5) is 5.69 Å². The van der Waals surface area contributed by atoms with Crippen LogP contribution in [-0.2, 0) is 11.2 Å². The zero-order valence-corrected chi connectivity index (χ0v) is 10.2. The second-order valence-corrected chi connectivity index (χ2v) is 4.37. The maximum absolute atomic E-state index is 11.2. The summed E-state index contributed by atoms with van der Waals surface area (Å²) in [5, 5.41) is 5.98. The van der Waals surface area contributed by atoms with Gasteiger partial charge >= 0.3 is 0 Å². The molecule has 0 fully saturated rings. The summed E-state index contributed by atoms with van der Waals surface area (Å²) in [4.78, 5) is 11.2. The normalized spacial score (nSPS) is 16.0. The number of ether oxygens (including phenoxy) is 1. The molecule has 0 saturated carbocycles. The molecule has 17 heavy (non-hydrogen) atoms. The number of carbonyl (C=O) groups is 1. The molecule has 92 valence electrons. The van der Waals surface area contributed by atoms with E-state index in [-0.39, 0.29) is 5.91 Å². The van der Waals surface area contributed by atoms with E-state index in [2.05, 4.69) is 17.6 Å². The maximum Gasteiger partial charge on any atom is 0.224 e. The van der Waals surface area contributed by atoms with Gasteiger partial charge in [0.05, 0.1) is 0 Å². The lowest BCUT2D eigenvalue weighted by atomic mass is 10.0. The fraction of sp³-hybridized carbons (Fsp3) is 0.462. The van der Waals surface area contributed by atoms with Crippen molar-refractivity contribution in [3.63, 3.8) is 0 Å². The van der Waals surface area contributed by atoms with Gasteiger partial charge in [0, 0.05) is 18.2 Å². The first-order valence-corrected chi connectivity index (χ1v) is 5.92. The first-order chi connectivity index (χ1) is 8.19. The van der Waals surface area contributed by atoms with Gasteiger partial charge in [-0.25, -0.2) is 0 Å². The van der Waals surface area contributed by atoms with Gasteiger partial charge in [-0.3, -0.25) is 4.79 Å². The third-order valence-electron chi connectivity index (χ3n) is 2.96. The van der Waals surface area contributed by atoms with E-state index in [1.807, 2.05) is 25.2 Å². The fourth-order valence-electron chi connectivity index (χ4n) is 1.75. The van der Waals surface area contributed by atoms with Gasteiger partial charge in [-0.1, -0.05) is 0 Å². The fourth-order valence-corrected chi connectivity index (χ4v) is 1.75. The number of fused-ring (bicyclic) bond motifs is 1. The van der Waals surface area contributed by atoms with E-state index in [1.165, 1.54) is 0 Å². The molecule has 1 unspecified atom stereocenters. The Morgan fingerprint density at radius 1 is 1.47 bits per heavy atom. The van der Waals surface area contributed by atoms with Gasteiger partial charge in [-0.15, -0.1) is 0 Å². The van der Waals surface area contributed by atoms with Gasteiger partial charge in [0.1, 0.15) is 12.4 Å². The summed E-state index contributed by atoms with van der Waals surface area (Å²) in [5.74, 6) is 0.956. The van der Waals surface area contributed by atoms with Crippen molar-refractivity contribution >= 4 is 11.6 Å². The summed E-state index contributed by atoms with van der Waals surface area (Å²) < 4.78 is 5.68. The molecular formula is C13H18N2O2. The molecule has 1 aromatic carbocycles. The molecule has 4 nitrogen and oxygen atoms in total. The molecule has 0 aromatic heterocycles. The molecule has 2 N–H and O–H groups in total. The average molecular weight is 234 g/mol. The lowest BCUT2D eigenvalue weighted by Gasteiger charge is -2.18. The molecular weight excluding hydrogens is 216 g/mol. The topological polar surface area (TPSA) is 50.4 Å². The van der Waals surface area contributed by atoms with Crippen LogP contribution in [0.5, 0.6) is 5.75 Å². The molecule has 1 aliphatic heterocycles. The van der Waals surface area contributed by atoms with Gasteiger partial charge in [-0.05, 0) is 44.2 Å². The van der Waals surface area contributed by atoms with E-state index < -0.39 is 0 Å². The second-order valence-electron chi connectivity index (χ2n) is 4.37. The van der Waals surface area contributed by atoms with E-state index in [4.69, 9.17) is 4.74 Å². The largest absolute Gasteiger partial charge is 0.492 e. The summed E-state index contributed by atoms with van der Waals surface area (Å²) in [6, 6.07) is 6.14. The minimum atomic E-state index is 0.0926. The number of hydrogen-bond donors (Lipinski definition) is 2. The minimum Gasteiger partial charge on any atom is -0.492 e. The Balaban J connectivity index is 2.04. The first kappa shape index (κ1) is 11.9. The van der Waals surface area contributed by atoms with Crippen molar-refractivity contribution in [1.82, 2.24) is 5.32 Å². The summed E-state index contributed by atoms with van der Waals surface area (Å²) in [7, 11) is 1.91. The van der Waals surface area contributed by atoms with Crippen LogP contribution in [0, 0.1) is 0 Å². The molecule has 0 bridgehead atoms. The third kappa shape index (κ3) is 2.97. The lowest BCUT2D eigenvalue weighted by Crippen LogP contribution is -2.28. The predicted octanol–water partition coefficient (Wildman–Crippen LogP) is 1.56. The number of rotatable bonds is 4. The summed E-state index contributed by atoms with van der Waals surface area (Å²) >= 11 is 0. The number of amides is 1. The van der Waals surface area contributed by atoms with E-state index in [0.717, 1.165) is 23.4 Å². The van der Waals surface area contributed by atoms with Crippen molar-refractivity contribution in [3.8, 4) is 5.75 Å². The van der Waals surface area contributed by atoms with Gasteiger partial charge in [0.15, 0.2) is 0 Å². The second kappa shape index (κ2) is 5.19. The molecule has 0 spiro atoms. The van der Waals surface area contributed by atoms with Crippen molar-refractivity contribution < 1.29 is 9.53 Å². The van der Waals surface area contributed by atoms with Gasteiger partial charge in [0.2, 0.25) is 5.91 Å². The summed E-state index contributed by atoms with van der Waals surface area (Å²) in [6.07, 6.45) is 1.35. The molecule has 0 aliphatic carbocycles. The zero-order valence-electron chi connectivity index (χ0n) is 10.2. The number of benzene rings is 1. The van der Waals surface area contributed by atoms with Gasteiger partial charge in [0.25, 0.3) is 0 Å². The number of likely N-dealkylation sites (N-methyl/N-ethyl adjacent to an activating group) is 1. The molecule has 4 heteroatoms. The monoisotopic (exact) mass is 234 g/mol. The number of nitrogens with one attached hydrogen (secondary N) is 2. The number of anilines is 1. The minimum absolute atomic E-state index is 0.0926. The van der Waals surface area contributed by atoms with Crippen molar-refractivity contribution in [2.24, 2.45) is 0 Å². The quantitative estimate of drug-likeness (QED) is 0.831. The van der Waals surface area contributed by atoms with Crippen LogP contribution in [0.3, 0.4) is 0 Å². The molecule has 1 heterocycles. The van der Waals surface area contributed by atoms with Gasteiger partial charge in [-0.2, -0.15) is 0 Å². The van der Waals surface area contributed by atoms with Crippen LogP contribution in [0.2, 0.25) is 0 Å². The van der Waals surface area contributed by atoms with Crippen LogP contribution in [0.1, 0.15) is 18.9 Å². The van der Waals surface area contributed by atoms with Crippen molar-refractivity contribution in [1.29, 1.82) is 0 Å². The Labute approximate surface area is 101 Å². The molecule has 0 radical (unpaired) electrons.